The molecular weight excluding hydrogens is 326 g/mol. The SMILES string of the molecule is CNC(=O)c1cc(C(=O)CC2CC2)cc(Cc2cccc3c2CCN3)n1. The van der Waals surface area contributed by atoms with Crippen molar-refractivity contribution in [1.29, 1.82) is 0 Å². The van der Waals surface area contributed by atoms with Crippen LogP contribution in [0, 0.1) is 5.92 Å². The first-order valence-electron chi connectivity index (χ1n) is 9.25. The number of carbonyl (C=O) groups excluding carboxylic acids is 2. The number of Topliss-reactive ketones (excluding diaryl/α,β-unsaturated/α-hetero) is 1. The van der Waals surface area contributed by atoms with Crippen LogP contribution in [0.5, 0.6) is 0 Å². The summed E-state index contributed by atoms with van der Waals surface area (Å²) in [6, 6.07) is 9.72. The number of pyridine rings is 1. The second kappa shape index (κ2) is 6.90. The zero-order valence-corrected chi connectivity index (χ0v) is 15.0. The number of rotatable bonds is 6. The Labute approximate surface area is 153 Å². The summed E-state index contributed by atoms with van der Waals surface area (Å²) in [4.78, 5) is 29.2. The summed E-state index contributed by atoms with van der Waals surface area (Å²) in [5.74, 6) is 0.375. The van der Waals surface area contributed by atoms with Crippen LogP contribution in [0.2, 0.25) is 0 Å². The third kappa shape index (κ3) is 3.47. The number of benzene rings is 1. The van der Waals surface area contributed by atoms with Crippen molar-refractivity contribution in [2.75, 3.05) is 18.9 Å². The Morgan fingerprint density at radius 3 is 2.88 bits per heavy atom. The van der Waals surface area contributed by atoms with E-state index >= 15 is 0 Å². The molecule has 5 nitrogen and oxygen atoms in total. The van der Waals surface area contributed by atoms with Crippen molar-refractivity contribution >= 4 is 17.4 Å². The molecule has 0 atom stereocenters. The zero-order valence-electron chi connectivity index (χ0n) is 15.0. The van der Waals surface area contributed by atoms with Crippen LogP contribution in [0.15, 0.2) is 30.3 Å². The molecular formula is C21H23N3O2. The highest BCUT2D eigenvalue weighted by atomic mass is 16.1. The van der Waals surface area contributed by atoms with Crippen molar-refractivity contribution in [2.24, 2.45) is 5.92 Å². The van der Waals surface area contributed by atoms with Gasteiger partial charge in [-0.15, -0.1) is 0 Å². The summed E-state index contributed by atoms with van der Waals surface area (Å²) in [6.07, 6.45) is 4.46. The number of hydrogen-bond donors (Lipinski definition) is 2. The molecule has 4 rings (SSSR count). The van der Waals surface area contributed by atoms with Gasteiger partial charge >= 0.3 is 0 Å². The first-order chi connectivity index (χ1) is 12.6. The Hall–Kier alpha value is -2.69. The van der Waals surface area contributed by atoms with Crippen molar-refractivity contribution in [2.45, 2.75) is 32.1 Å². The molecule has 1 aliphatic carbocycles. The Balaban J connectivity index is 1.67. The van der Waals surface area contributed by atoms with Gasteiger partial charge in [-0.3, -0.25) is 9.59 Å². The van der Waals surface area contributed by atoms with E-state index in [2.05, 4.69) is 27.8 Å². The van der Waals surface area contributed by atoms with Crippen molar-refractivity contribution in [1.82, 2.24) is 10.3 Å². The van der Waals surface area contributed by atoms with E-state index in [4.69, 9.17) is 0 Å². The number of nitrogens with zero attached hydrogens (tertiary/aromatic N) is 1. The van der Waals surface area contributed by atoms with Gasteiger partial charge < -0.3 is 10.6 Å². The molecule has 0 radical (unpaired) electrons. The maximum absolute atomic E-state index is 12.6. The van der Waals surface area contributed by atoms with Gasteiger partial charge in [0.2, 0.25) is 0 Å². The average molecular weight is 349 g/mol. The number of fused-ring (bicyclic) bond motifs is 1. The van der Waals surface area contributed by atoms with Gasteiger partial charge in [-0.25, -0.2) is 4.98 Å². The standard InChI is InChI=1S/C21H23N3O2/c1-22-21(26)19-12-15(20(25)9-13-5-6-13)11-16(24-19)10-14-3-2-4-18-17(14)7-8-23-18/h2-4,11-13,23H,5-10H2,1H3,(H,22,26). The molecule has 1 amide bonds. The number of nitrogens with one attached hydrogen (secondary N) is 2. The molecule has 1 aromatic heterocycles. The third-order valence-electron chi connectivity index (χ3n) is 5.17. The van der Waals surface area contributed by atoms with Crippen LogP contribution in [0.25, 0.3) is 0 Å². The summed E-state index contributed by atoms with van der Waals surface area (Å²) in [5.41, 5.74) is 5.38. The maximum atomic E-state index is 12.6. The first-order valence-corrected chi connectivity index (χ1v) is 9.25. The molecule has 0 bridgehead atoms. The molecule has 0 saturated heterocycles. The lowest BCUT2D eigenvalue weighted by atomic mass is 9.98. The van der Waals surface area contributed by atoms with Gasteiger partial charge in [0, 0.05) is 43.4 Å². The van der Waals surface area contributed by atoms with E-state index in [-0.39, 0.29) is 11.7 Å². The lowest BCUT2D eigenvalue weighted by Crippen LogP contribution is -2.20. The molecule has 1 fully saturated rings. The molecule has 1 aliphatic heterocycles. The van der Waals surface area contributed by atoms with Crippen LogP contribution < -0.4 is 10.6 Å². The quantitative estimate of drug-likeness (QED) is 0.787. The maximum Gasteiger partial charge on any atom is 0.269 e. The molecule has 26 heavy (non-hydrogen) atoms. The highest BCUT2D eigenvalue weighted by Crippen LogP contribution is 2.33. The van der Waals surface area contributed by atoms with E-state index in [1.807, 2.05) is 12.1 Å². The summed E-state index contributed by atoms with van der Waals surface area (Å²) in [5, 5.41) is 6.00. The molecule has 134 valence electrons. The molecule has 2 N–H and O–H groups in total. The number of carbonyl (C=O) groups is 2. The van der Waals surface area contributed by atoms with Crippen LogP contribution in [-0.4, -0.2) is 30.3 Å². The molecule has 1 aromatic carbocycles. The number of anilines is 1. The van der Waals surface area contributed by atoms with E-state index in [0.29, 0.717) is 30.0 Å². The first kappa shape index (κ1) is 16.8. The van der Waals surface area contributed by atoms with Crippen LogP contribution in [0.1, 0.15) is 56.9 Å². The van der Waals surface area contributed by atoms with E-state index in [1.54, 1.807) is 13.1 Å². The monoisotopic (exact) mass is 349 g/mol. The largest absolute Gasteiger partial charge is 0.384 e. The van der Waals surface area contributed by atoms with E-state index in [9.17, 15) is 9.59 Å². The van der Waals surface area contributed by atoms with Crippen LogP contribution in [0.4, 0.5) is 5.69 Å². The molecule has 2 aromatic rings. The molecule has 0 spiro atoms. The summed E-state index contributed by atoms with van der Waals surface area (Å²) >= 11 is 0. The van der Waals surface area contributed by atoms with Gasteiger partial charge in [0.15, 0.2) is 5.78 Å². The number of aromatic nitrogens is 1. The predicted molar refractivity (Wildman–Crippen MR) is 101 cm³/mol. The van der Waals surface area contributed by atoms with E-state index < -0.39 is 0 Å². The number of ketones is 1. The fourth-order valence-corrected chi connectivity index (χ4v) is 3.56. The van der Waals surface area contributed by atoms with Crippen molar-refractivity contribution in [3.63, 3.8) is 0 Å². The molecule has 2 aliphatic rings. The zero-order chi connectivity index (χ0) is 18.1. The van der Waals surface area contributed by atoms with E-state index in [1.165, 1.54) is 16.8 Å². The van der Waals surface area contributed by atoms with Crippen molar-refractivity contribution in [3.8, 4) is 0 Å². The predicted octanol–water partition coefficient (Wildman–Crippen LogP) is 2.98. The number of hydrogen-bond acceptors (Lipinski definition) is 4. The Kier molecular flexibility index (Phi) is 4.45. The van der Waals surface area contributed by atoms with Crippen molar-refractivity contribution in [3.05, 3.63) is 58.4 Å². The Morgan fingerprint density at radius 1 is 1.27 bits per heavy atom. The lowest BCUT2D eigenvalue weighted by Gasteiger charge is -2.11. The highest BCUT2D eigenvalue weighted by Gasteiger charge is 2.26. The minimum Gasteiger partial charge on any atom is -0.384 e. The second-order valence-corrected chi connectivity index (χ2v) is 7.18. The Bertz CT molecular complexity index is 872. The van der Waals surface area contributed by atoms with Crippen LogP contribution >= 0.6 is 0 Å². The van der Waals surface area contributed by atoms with Crippen molar-refractivity contribution < 1.29 is 9.59 Å². The van der Waals surface area contributed by atoms with Gasteiger partial charge in [0.1, 0.15) is 5.69 Å². The van der Waals surface area contributed by atoms with Crippen LogP contribution in [0.3, 0.4) is 0 Å². The average Bonchev–Trinajstić information content (AvgIpc) is 3.33. The molecule has 1 saturated carbocycles. The fraction of sp³-hybridized carbons (Fsp3) is 0.381. The molecule has 2 heterocycles. The minimum absolute atomic E-state index is 0.112. The van der Waals surface area contributed by atoms with Gasteiger partial charge in [0.05, 0.1) is 0 Å². The summed E-state index contributed by atoms with van der Waals surface area (Å²) in [7, 11) is 1.58. The van der Waals surface area contributed by atoms with E-state index in [0.717, 1.165) is 31.5 Å². The van der Waals surface area contributed by atoms with Gasteiger partial charge in [-0.05, 0) is 54.5 Å². The fourth-order valence-electron chi connectivity index (χ4n) is 3.56. The highest BCUT2D eigenvalue weighted by molar-refractivity contribution is 6.00. The molecule has 5 heteroatoms. The normalized spacial score (nSPS) is 15.3. The van der Waals surface area contributed by atoms with Gasteiger partial charge in [-0.1, -0.05) is 12.1 Å². The minimum atomic E-state index is -0.257. The van der Waals surface area contributed by atoms with Gasteiger partial charge in [0.25, 0.3) is 5.91 Å². The van der Waals surface area contributed by atoms with Crippen LogP contribution in [-0.2, 0) is 12.8 Å². The van der Waals surface area contributed by atoms with Gasteiger partial charge in [-0.2, -0.15) is 0 Å². The second-order valence-electron chi connectivity index (χ2n) is 7.18. The molecule has 0 unspecified atom stereocenters. The topological polar surface area (TPSA) is 71.1 Å². The number of amides is 1. The lowest BCUT2D eigenvalue weighted by molar-refractivity contribution is 0.0958. The third-order valence-corrected chi connectivity index (χ3v) is 5.17. The summed E-state index contributed by atoms with van der Waals surface area (Å²) in [6.45, 7) is 0.948. The smallest absolute Gasteiger partial charge is 0.269 e. The summed E-state index contributed by atoms with van der Waals surface area (Å²) < 4.78 is 0. The Morgan fingerprint density at radius 2 is 2.12 bits per heavy atom.